The molecule has 0 bridgehead atoms. The van der Waals surface area contributed by atoms with Crippen molar-refractivity contribution in [3.63, 3.8) is 0 Å². The summed E-state index contributed by atoms with van der Waals surface area (Å²) in [6.07, 6.45) is 5.89. The lowest BCUT2D eigenvalue weighted by molar-refractivity contribution is 0.101. The number of ether oxygens (including phenoxy) is 1. The molecule has 0 radical (unpaired) electrons. The third-order valence-corrected chi connectivity index (χ3v) is 3.61. The fourth-order valence-electron chi connectivity index (χ4n) is 1.96. The normalized spacial score (nSPS) is 19.8. The average Bonchev–Trinajstić information content (AvgIpc) is 2.82. The van der Waals surface area contributed by atoms with E-state index in [1.54, 1.807) is 0 Å². The first-order valence-electron chi connectivity index (χ1n) is 5.70. The summed E-state index contributed by atoms with van der Waals surface area (Å²) in [5.74, 6) is 0. The van der Waals surface area contributed by atoms with Gasteiger partial charge < -0.3 is 4.74 Å². The second-order valence-electron chi connectivity index (χ2n) is 4.13. The molecular weight excluding hydrogens is 263 g/mol. The molecule has 17 heavy (non-hydrogen) atoms. The summed E-state index contributed by atoms with van der Waals surface area (Å²) in [7, 11) is 0. The minimum atomic E-state index is -0.279. The van der Waals surface area contributed by atoms with Gasteiger partial charge in [0, 0.05) is 13.2 Å². The molecule has 1 fully saturated rings. The molecule has 0 aromatic carbocycles. The van der Waals surface area contributed by atoms with Gasteiger partial charge in [-0.3, -0.25) is 9.36 Å². The summed E-state index contributed by atoms with van der Waals surface area (Å²) < 4.78 is 7.00. The van der Waals surface area contributed by atoms with Crippen LogP contribution in [0.4, 0.5) is 0 Å². The summed E-state index contributed by atoms with van der Waals surface area (Å²) in [6.45, 7) is 1.46. The number of hydrogen-bond acceptors (Lipinski definition) is 3. The van der Waals surface area contributed by atoms with Crippen molar-refractivity contribution in [1.82, 2.24) is 9.55 Å². The molecule has 2 rings (SSSR count). The number of halogens is 2. The van der Waals surface area contributed by atoms with Gasteiger partial charge >= 0.3 is 0 Å². The molecule has 1 unspecified atom stereocenters. The van der Waals surface area contributed by atoms with Crippen molar-refractivity contribution in [2.75, 3.05) is 6.61 Å². The van der Waals surface area contributed by atoms with Crippen molar-refractivity contribution < 1.29 is 4.74 Å². The first kappa shape index (κ1) is 12.9. The van der Waals surface area contributed by atoms with E-state index in [9.17, 15) is 4.79 Å². The highest BCUT2D eigenvalue weighted by molar-refractivity contribution is 6.40. The van der Waals surface area contributed by atoms with E-state index in [1.807, 2.05) is 0 Å². The van der Waals surface area contributed by atoms with E-state index >= 15 is 0 Å². The Morgan fingerprint density at radius 3 is 3.06 bits per heavy atom. The highest BCUT2D eigenvalue weighted by atomic mass is 35.5. The van der Waals surface area contributed by atoms with Crippen molar-refractivity contribution in [3.8, 4) is 0 Å². The molecule has 0 aliphatic carbocycles. The van der Waals surface area contributed by atoms with Gasteiger partial charge in [0.25, 0.3) is 5.56 Å². The van der Waals surface area contributed by atoms with Crippen LogP contribution in [0.25, 0.3) is 0 Å². The Morgan fingerprint density at radius 1 is 1.53 bits per heavy atom. The van der Waals surface area contributed by atoms with Gasteiger partial charge in [-0.1, -0.05) is 23.2 Å². The van der Waals surface area contributed by atoms with Crippen molar-refractivity contribution in [1.29, 1.82) is 0 Å². The molecule has 2 heterocycles. The van der Waals surface area contributed by atoms with Gasteiger partial charge in [0.15, 0.2) is 5.15 Å². The Bertz CT molecular complexity index is 442. The fraction of sp³-hybridized carbons (Fsp3) is 0.636. The Kier molecular flexibility index (Phi) is 4.42. The third kappa shape index (κ3) is 3.21. The van der Waals surface area contributed by atoms with Gasteiger partial charge in [-0.05, 0) is 25.7 Å². The number of aryl methyl sites for hydroxylation is 1. The highest BCUT2D eigenvalue weighted by Gasteiger charge is 2.15. The van der Waals surface area contributed by atoms with Crippen LogP contribution in [0.2, 0.25) is 10.2 Å². The minimum absolute atomic E-state index is 0.00807. The van der Waals surface area contributed by atoms with Crippen LogP contribution in [0.1, 0.15) is 25.7 Å². The Morgan fingerprint density at radius 2 is 2.35 bits per heavy atom. The molecular formula is C11H14Cl2N2O2. The SMILES string of the molecule is O=c1c(Cl)c(Cl)ncn1CCCC1CCCO1. The predicted molar refractivity (Wildman–Crippen MR) is 66.7 cm³/mol. The van der Waals surface area contributed by atoms with E-state index in [0.717, 1.165) is 32.3 Å². The van der Waals surface area contributed by atoms with E-state index in [2.05, 4.69) is 4.98 Å². The zero-order valence-corrected chi connectivity index (χ0v) is 10.9. The van der Waals surface area contributed by atoms with Crippen molar-refractivity contribution in [2.45, 2.75) is 38.3 Å². The molecule has 0 saturated carbocycles. The van der Waals surface area contributed by atoms with E-state index in [4.69, 9.17) is 27.9 Å². The molecule has 1 atom stereocenters. The molecule has 0 amide bonds. The molecule has 6 heteroatoms. The summed E-state index contributed by atoms with van der Waals surface area (Å²) in [6, 6.07) is 0. The van der Waals surface area contributed by atoms with E-state index in [0.29, 0.717) is 12.6 Å². The second kappa shape index (κ2) is 5.85. The molecule has 1 aromatic heterocycles. The van der Waals surface area contributed by atoms with Crippen LogP contribution in [0.15, 0.2) is 11.1 Å². The molecule has 94 valence electrons. The molecule has 1 aromatic rings. The topological polar surface area (TPSA) is 44.1 Å². The average molecular weight is 277 g/mol. The van der Waals surface area contributed by atoms with E-state index in [-0.39, 0.29) is 15.7 Å². The lowest BCUT2D eigenvalue weighted by Crippen LogP contribution is -2.21. The van der Waals surface area contributed by atoms with Crippen LogP contribution < -0.4 is 5.56 Å². The van der Waals surface area contributed by atoms with Crippen LogP contribution in [0.3, 0.4) is 0 Å². The summed E-state index contributed by atoms with van der Waals surface area (Å²) >= 11 is 11.4. The lowest BCUT2D eigenvalue weighted by Gasteiger charge is -2.10. The van der Waals surface area contributed by atoms with Crippen molar-refractivity contribution >= 4 is 23.2 Å². The van der Waals surface area contributed by atoms with Crippen LogP contribution >= 0.6 is 23.2 Å². The lowest BCUT2D eigenvalue weighted by atomic mass is 10.1. The van der Waals surface area contributed by atoms with Crippen LogP contribution in [-0.2, 0) is 11.3 Å². The Hall–Kier alpha value is -0.580. The maximum absolute atomic E-state index is 11.7. The largest absolute Gasteiger partial charge is 0.378 e. The van der Waals surface area contributed by atoms with E-state index < -0.39 is 0 Å². The van der Waals surface area contributed by atoms with Gasteiger partial charge in [-0.2, -0.15) is 0 Å². The number of rotatable bonds is 4. The van der Waals surface area contributed by atoms with Crippen LogP contribution in [0, 0.1) is 0 Å². The standard InChI is InChI=1S/C11H14Cl2N2O2/c12-9-10(13)14-7-15(11(9)16)5-1-3-8-4-2-6-17-8/h7-8H,1-6H2. The summed E-state index contributed by atoms with van der Waals surface area (Å²) in [5, 5.41) is 0.0540. The first-order valence-corrected chi connectivity index (χ1v) is 6.46. The van der Waals surface area contributed by atoms with Gasteiger partial charge in [0.2, 0.25) is 0 Å². The zero-order chi connectivity index (χ0) is 12.3. The van der Waals surface area contributed by atoms with Gasteiger partial charge in [-0.25, -0.2) is 4.98 Å². The maximum atomic E-state index is 11.7. The molecule has 0 N–H and O–H groups in total. The molecule has 1 aliphatic rings. The third-order valence-electron chi connectivity index (χ3n) is 2.89. The fourth-order valence-corrected chi connectivity index (χ4v) is 2.25. The molecule has 1 aliphatic heterocycles. The highest BCUT2D eigenvalue weighted by Crippen LogP contribution is 2.17. The van der Waals surface area contributed by atoms with Crippen molar-refractivity contribution in [2.24, 2.45) is 0 Å². The molecule has 1 saturated heterocycles. The van der Waals surface area contributed by atoms with Gasteiger partial charge in [0.05, 0.1) is 12.4 Å². The monoisotopic (exact) mass is 276 g/mol. The van der Waals surface area contributed by atoms with Crippen LogP contribution in [-0.4, -0.2) is 22.3 Å². The minimum Gasteiger partial charge on any atom is -0.378 e. The quantitative estimate of drug-likeness (QED) is 0.794. The smallest absolute Gasteiger partial charge is 0.273 e. The Labute approximate surface area is 110 Å². The molecule has 0 spiro atoms. The van der Waals surface area contributed by atoms with Crippen LogP contribution in [0.5, 0.6) is 0 Å². The summed E-state index contributed by atoms with van der Waals surface area (Å²) in [4.78, 5) is 15.5. The Balaban J connectivity index is 1.90. The zero-order valence-electron chi connectivity index (χ0n) is 9.36. The van der Waals surface area contributed by atoms with Gasteiger partial charge in [0.1, 0.15) is 5.02 Å². The number of aromatic nitrogens is 2. The second-order valence-corrected chi connectivity index (χ2v) is 4.86. The predicted octanol–water partition coefficient (Wildman–Crippen LogP) is 2.51. The number of hydrogen-bond donors (Lipinski definition) is 0. The molecule has 4 nitrogen and oxygen atoms in total. The first-order chi connectivity index (χ1) is 8.18. The van der Waals surface area contributed by atoms with Crippen molar-refractivity contribution in [3.05, 3.63) is 26.9 Å². The maximum Gasteiger partial charge on any atom is 0.273 e. The summed E-state index contributed by atoms with van der Waals surface area (Å²) in [5.41, 5.74) is -0.279. The number of nitrogens with zero attached hydrogens (tertiary/aromatic N) is 2. The van der Waals surface area contributed by atoms with E-state index in [1.165, 1.54) is 10.9 Å². The van der Waals surface area contributed by atoms with Gasteiger partial charge in [-0.15, -0.1) is 0 Å².